The Morgan fingerprint density at radius 3 is 2.38 bits per heavy atom. The summed E-state index contributed by atoms with van der Waals surface area (Å²) in [5, 5.41) is 7.11. The molecule has 0 bridgehead atoms. The molecule has 1 N–H and O–H groups in total. The fourth-order valence-corrected chi connectivity index (χ4v) is 3.74. The molecule has 7 nitrogen and oxygen atoms in total. The zero-order chi connectivity index (χ0) is 23.5. The van der Waals surface area contributed by atoms with Crippen molar-refractivity contribution in [2.24, 2.45) is 0 Å². The zero-order valence-corrected chi connectivity index (χ0v) is 18.1. The summed E-state index contributed by atoms with van der Waals surface area (Å²) in [6, 6.07) is 24.0. The number of ether oxygens (including phenoxy) is 1. The van der Waals surface area contributed by atoms with Crippen LogP contribution in [0.1, 0.15) is 26.5 Å². The maximum Gasteiger partial charge on any atom is 0.276 e. The first-order valence-electron chi connectivity index (χ1n) is 10.8. The average molecular weight is 456 g/mol. The van der Waals surface area contributed by atoms with Crippen LogP contribution in [0.15, 0.2) is 84.9 Å². The number of nitrogens with zero attached hydrogens (tertiary/aromatic N) is 3. The number of carbonyl (C=O) groups is 2. The molecule has 1 aliphatic rings. The summed E-state index contributed by atoms with van der Waals surface area (Å²) < 4.78 is 20.5. The van der Waals surface area contributed by atoms with Crippen LogP contribution >= 0.6 is 0 Å². The number of nitrogens with one attached hydrogen (secondary N) is 1. The van der Waals surface area contributed by atoms with Crippen LogP contribution in [-0.4, -0.2) is 33.0 Å². The van der Waals surface area contributed by atoms with Gasteiger partial charge >= 0.3 is 0 Å². The highest BCUT2D eigenvalue weighted by atomic mass is 19.1. The van der Waals surface area contributed by atoms with Gasteiger partial charge in [-0.1, -0.05) is 30.3 Å². The van der Waals surface area contributed by atoms with Gasteiger partial charge in [0.25, 0.3) is 11.8 Å². The van der Waals surface area contributed by atoms with Crippen molar-refractivity contribution >= 4 is 17.5 Å². The third-order valence-corrected chi connectivity index (χ3v) is 5.48. The molecule has 0 atom stereocenters. The molecule has 0 saturated carbocycles. The molecule has 0 spiro atoms. The van der Waals surface area contributed by atoms with E-state index in [1.165, 1.54) is 18.2 Å². The number of para-hydroxylation sites is 1. The molecule has 0 saturated heterocycles. The van der Waals surface area contributed by atoms with E-state index in [0.717, 1.165) is 11.3 Å². The molecular weight excluding hydrogens is 435 g/mol. The lowest BCUT2D eigenvalue weighted by Gasteiger charge is -2.27. The molecule has 1 aliphatic heterocycles. The smallest absolute Gasteiger partial charge is 0.276 e. The van der Waals surface area contributed by atoms with Gasteiger partial charge in [-0.25, -0.2) is 4.39 Å². The quantitative estimate of drug-likeness (QED) is 0.455. The molecule has 4 aromatic rings. The second-order valence-corrected chi connectivity index (χ2v) is 7.88. The van der Waals surface area contributed by atoms with Crippen molar-refractivity contribution in [2.45, 2.75) is 13.1 Å². The van der Waals surface area contributed by atoms with Crippen LogP contribution in [-0.2, 0) is 13.1 Å². The number of benzene rings is 3. The van der Waals surface area contributed by atoms with E-state index in [1.54, 1.807) is 46.0 Å². The largest absolute Gasteiger partial charge is 0.457 e. The van der Waals surface area contributed by atoms with Gasteiger partial charge < -0.3 is 15.0 Å². The summed E-state index contributed by atoms with van der Waals surface area (Å²) in [4.78, 5) is 27.3. The van der Waals surface area contributed by atoms with Gasteiger partial charge in [0, 0.05) is 24.8 Å². The third kappa shape index (κ3) is 4.66. The van der Waals surface area contributed by atoms with E-state index in [4.69, 9.17) is 4.74 Å². The number of halogens is 1. The summed E-state index contributed by atoms with van der Waals surface area (Å²) in [6.45, 7) is 1.29. The normalized spacial score (nSPS) is 12.9. The van der Waals surface area contributed by atoms with Crippen LogP contribution in [0.3, 0.4) is 0 Å². The topological polar surface area (TPSA) is 76.5 Å². The summed E-state index contributed by atoms with van der Waals surface area (Å²) in [5.41, 5.74) is 1.93. The molecule has 0 radical (unpaired) electrons. The zero-order valence-electron chi connectivity index (χ0n) is 18.1. The second kappa shape index (κ2) is 9.19. The van der Waals surface area contributed by atoms with Gasteiger partial charge in [0.05, 0.1) is 6.54 Å². The minimum absolute atomic E-state index is 0.164. The van der Waals surface area contributed by atoms with E-state index in [9.17, 15) is 14.0 Å². The van der Waals surface area contributed by atoms with E-state index < -0.39 is 5.91 Å². The Morgan fingerprint density at radius 2 is 1.65 bits per heavy atom. The number of rotatable bonds is 6. The number of anilines is 1. The lowest BCUT2D eigenvalue weighted by molar-refractivity contribution is 0.0683. The minimum atomic E-state index is -0.406. The molecule has 170 valence electrons. The Kier molecular flexibility index (Phi) is 5.78. The molecule has 0 aliphatic carbocycles. The van der Waals surface area contributed by atoms with Crippen LogP contribution in [0.4, 0.5) is 10.1 Å². The standard InChI is InChI=1S/C26H21FN4O3/c27-19-8-6-18(7-9-19)17-30-14-15-31-24(26(30)33)16-23(29-31)25(32)28-20-10-12-22(13-11-20)34-21-4-2-1-3-5-21/h1-13,16H,14-15,17H2,(H,28,32). The Morgan fingerprint density at radius 1 is 0.941 bits per heavy atom. The van der Waals surface area contributed by atoms with Crippen LogP contribution < -0.4 is 10.1 Å². The Hall–Kier alpha value is -4.46. The van der Waals surface area contributed by atoms with Crippen molar-refractivity contribution in [3.05, 3.63) is 108 Å². The summed E-state index contributed by atoms with van der Waals surface area (Å²) in [5.74, 6) is 0.427. The number of hydrogen-bond acceptors (Lipinski definition) is 4. The molecule has 0 fully saturated rings. The van der Waals surface area contributed by atoms with Gasteiger partial charge in [0.2, 0.25) is 0 Å². The van der Waals surface area contributed by atoms with Gasteiger partial charge in [0.1, 0.15) is 23.0 Å². The van der Waals surface area contributed by atoms with Crippen LogP contribution in [0.25, 0.3) is 0 Å². The predicted molar refractivity (Wildman–Crippen MR) is 124 cm³/mol. The van der Waals surface area contributed by atoms with Gasteiger partial charge in [-0.3, -0.25) is 14.3 Å². The lowest BCUT2D eigenvalue weighted by atomic mass is 10.2. The molecule has 8 heteroatoms. The van der Waals surface area contributed by atoms with Crippen molar-refractivity contribution in [1.82, 2.24) is 14.7 Å². The molecule has 0 unspecified atom stereocenters. The van der Waals surface area contributed by atoms with Gasteiger partial charge in [-0.05, 0) is 54.1 Å². The van der Waals surface area contributed by atoms with Crippen LogP contribution in [0, 0.1) is 5.82 Å². The van der Waals surface area contributed by atoms with Crippen molar-refractivity contribution in [1.29, 1.82) is 0 Å². The summed E-state index contributed by atoms with van der Waals surface area (Å²) in [7, 11) is 0. The van der Waals surface area contributed by atoms with E-state index >= 15 is 0 Å². The average Bonchev–Trinajstić information content (AvgIpc) is 3.30. The van der Waals surface area contributed by atoms with E-state index in [2.05, 4.69) is 10.4 Å². The fourth-order valence-electron chi connectivity index (χ4n) is 3.74. The van der Waals surface area contributed by atoms with Crippen molar-refractivity contribution in [3.63, 3.8) is 0 Å². The first-order valence-corrected chi connectivity index (χ1v) is 10.8. The molecule has 5 rings (SSSR count). The van der Waals surface area contributed by atoms with Crippen molar-refractivity contribution < 1.29 is 18.7 Å². The van der Waals surface area contributed by atoms with Crippen LogP contribution in [0.2, 0.25) is 0 Å². The maximum absolute atomic E-state index is 13.1. The maximum atomic E-state index is 13.1. The molecule has 2 amide bonds. The highest BCUT2D eigenvalue weighted by Crippen LogP contribution is 2.23. The number of hydrogen-bond donors (Lipinski definition) is 1. The Balaban J connectivity index is 1.24. The molecule has 1 aromatic heterocycles. The third-order valence-electron chi connectivity index (χ3n) is 5.48. The number of aromatic nitrogens is 2. The lowest BCUT2D eigenvalue weighted by Crippen LogP contribution is -2.39. The first-order chi connectivity index (χ1) is 16.5. The molecular formula is C26H21FN4O3. The summed E-state index contributed by atoms with van der Waals surface area (Å²) >= 11 is 0. The molecule has 2 heterocycles. The van der Waals surface area contributed by atoms with Gasteiger partial charge in [0.15, 0.2) is 5.69 Å². The van der Waals surface area contributed by atoms with Crippen LogP contribution in [0.5, 0.6) is 11.5 Å². The predicted octanol–water partition coefficient (Wildman–Crippen LogP) is 4.72. The van der Waals surface area contributed by atoms with E-state index in [-0.39, 0.29) is 17.4 Å². The SMILES string of the molecule is O=C(Nc1ccc(Oc2ccccc2)cc1)c1cc2n(n1)CCN(Cc1ccc(F)cc1)C2=O. The number of fused-ring (bicyclic) bond motifs is 1. The van der Waals surface area contributed by atoms with Gasteiger partial charge in [-0.15, -0.1) is 0 Å². The van der Waals surface area contributed by atoms with Gasteiger partial charge in [-0.2, -0.15) is 5.10 Å². The highest BCUT2D eigenvalue weighted by molar-refractivity contribution is 6.04. The van der Waals surface area contributed by atoms with E-state index in [0.29, 0.717) is 36.8 Å². The Labute approximate surface area is 195 Å². The van der Waals surface area contributed by atoms with E-state index in [1.807, 2.05) is 30.3 Å². The number of amides is 2. The molecule has 34 heavy (non-hydrogen) atoms. The number of carbonyl (C=O) groups excluding carboxylic acids is 2. The fraction of sp³-hybridized carbons (Fsp3) is 0.115. The first kappa shape index (κ1) is 21.4. The monoisotopic (exact) mass is 456 g/mol. The molecule has 3 aromatic carbocycles. The Bertz CT molecular complexity index is 1320. The summed E-state index contributed by atoms with van der Waals surface area (Å²) in [6.07, 6.45) is 0. The van der Waals surface area contributed by atoms with Crippen molar-refractivity contribution in [3.8, 4) is 11.5 Å². The highest BCUT2D eigenvalue weighted by Gasteiger charge is 2.28. The second-order valence-electron chi connectivity index (χ2n) is 7.88. The minimum Gasteiger partial charge on any atom is -0.457 e. The van der Waals surface area contributed by atoms with Crippen molar-refractivity contribution in [2.75, 3.05) is 11.9 Å².